The van der Waals surface area contributed by atoms with E-state index in [1.54, 1.807) is 0 Å². The van der Waals surface area contributed by atoms with Gasteiger partial charge in [0.1, 0.15) is 9.84 Å². The van der Waals surface area contributed by atoms with Crippen LogP contribution in [0.3, 0.4) is 0 Å². The van der Waals surface area contributed by atoms with E-state index >= 15 is 0 Å². The number of nitrogens with one attached hydrogen (secondary N) is 1. The predicted octanol–water partition coefficient (Wildman–Crippen LogP) is 1.98. The van der Waals surface area contributed by atoms with Crippen LogP contribution in [0.4, 0.5) is 0 Å². The van der Waals surface area contributed by atoms with Gasteiger partial charge in [0.2, 0.25) is 0 Å². The molecule has 0 spiro atoms. The van der Waals surface area contributed by atoms with Crippen molar-refractivity contribution < 1.29 is 8.42 Å². The van der Waals surface area contributed by atoms with Crippen LogP contribution in [0.15, 0.2) is 0 Å². The molecule has 0 heterocycles. The van der Waals surface area contributed by atoms with E-state index in [2.05, 4.69) is 5.32 Å². The number of rotatable bonds is 7. The van der Waals surface area contributed by atoms with E-state index in [1.165, 1.54) is 44.8 Å². The second-order valence-electron chi connectivity index (χ2n) is 5.03. The Morgan fingerprint density at radius 1 is 1.12 bits per heavy atom. The second-order valence-corrected chi connectivity index (χ2v) is 7.29. The molecule has 0 unspecified atom stereocenters. The molecule has 0 aliphatic heterocycles. The molecule has 1 aliphatic rings. The van der Waals surface area contributed by atoms with E-state index in [9.17, 15) is 8.42 Å². The zero-order valence-corrected chi connectivity index (χ0v) is 11.2. The lowest BCUT2D eigenvalue weighted by molar-refractivity contribution is 0.334. The highest BCUT2D eigenvalue weighted by Crippen LogP contribution is 2.25. The Balaban J connectivity index is 1.91. The first-order valence-corrected chi connectivity index (χ1v) is 8.52. The SMILES string of the molecule is CS(=O)(=O)CCCNCCC1CCCCC1. The fourth-order valence-corrected chi connectivity index (χ4v) is 3.04. The van der Waals surface area contributed by atoms with Gasteiger partial charge in [0.05, 0.1) is 5.75 Å². The molecule has 0 radical (unpaired) electrons. The molecule has 1 N–H and O–H groups in total. The number of sulfone groups is 1. The molecule has 1 saturated carbocycles. The van der Waals surface area contributed by atoms with E-state index in [1.807, 2.05) is 0 Å². The van der Waals surface area contributed by atoms with Gasteiger partial charge in [-0.3, -0.25) is 0 Å². The average Bonchev–Trinajstić information content (AvgIpc) is 2.23. The minimum Gasteiger partial charge on any atom is -0.317 e. The zero-order valence-electron chi connectivity index (χ0n) is 10.4. The van der Waals surface area contributed by atoms with Crippen molar-refractivity contribution in [2.45, 2.75) is 44.9 Å². The fourth-order valence-electron chi connectivity index (χ4n) is 2.37. The molecule has 0 aromatic carbocycles. The van der Waals surface area contributed by atoms with Gasteiger partial charge >= 0.3 is 0 Å². The van der Waals surface area contributed by atoms with Gasteiger partial charge < -0.3 is 5.32 Å². The van der Waals surface area contributed by atoms with E-state index in [0.29, 0.717) is 5.75 Å². The molecule has 3 nitrogen and oxygen atoms in total. The maximum atomic E-state index is 10.9. The van der Waals surface area contributed by atoms with Crippen molar-refractivity contribution in [3.05, 3.63) is 0 Å². The summed E-state index contributed by atoms with van der Waals surface area (Å²) in [5.74, 6) is 1.22. The van der Waals surface area contributed by atoms with Crippen LogP contribution in [0.2, 0.25) is 0 Å². The number of hydrogen-bond donors (Lipinski definition) is 1. The van der Waals surface area contributed by atoms with Crippen molar-refractivity contribution in [2.75, 3.05) is 25.1 Å². The molecule has 0 amide bonds. The third kappa shape index (κ3) is 7.23. The lowest BCUT2D eigenvalue weighted by Gasteiger charge is -2.21. The van der Waals surface area contributed by atoms with E-state index in [-0.39, 0.29) is 0 Å². The topological polar surface area (TPSA) is 46.2 Å². The minimum absolute atomic E-state index is 0.309. The Kier molecular flexibility index (Phi) is 6.36. The normalized spacial score (nSPS) is 18.8. The number of hydrogen-bond acceptors (Lipinski definition) is 3. The Labute approximate surface area is 99.9 Å². The monoisotopic (exact) mass is 247 g/mol. The van der Waals surface area contributed by atoms with Crippen molar-refractivity contribution in [2.24, 2.45) is 5.92 Å². The summed E-state index contributed by atoms with van der Waals surface area (Å²) >= 11 is 0. The first-order valence-electron chi connectivity index (χ1n) is 6.46. The van der Waals surface area contributed by atoms with E-state index in [4.69, 9.17) is 0 Å². The molecule has 1 rings (SSSR count). The lowest BCUT2D eigenvalue weighted by atomic mass is 9.87. The standard InChI is InChI=1S/C12H25NO2S/c1-16(14,15)11-5-9-13-10-8-12-6-3-2-4-7-12/h12-13H,2-11H2,1H3. The molecule has 16 heavy (non-hydrogen) atoms. The maximum absolute atomic E-state index is 10.9. The van der Waals surface area contributed by atoms with Crippen LogP contribution in [-0.4, -0.2) is 33.5 Å². The van der Waals surface area contributed by atoms with Crippen molar-refractivity contribution in [3.8, 4) is 0 Å². The second kappa shape index (κ2) is 7.28. The van der Waals surface area contributed by atoms with Crippen molar-refractivity contribution in [1.82, 2.24) is 5.32 Å². The van der Waals surface area contributed by atoms with Gasteiger partial charge in [-0.1, -0.05) is 32.1 Å². The highest BCUT2D eigenvalue weighted by atomic mass is 32.2. The van der Waals surface area contributed by atoms with Crippen LogP contribution in [0.1, 0.15) is 44.9 Å². The molecule has 96 valence electrons. The molecule has 1 fully saturated rings. The first kappa shape index (κ1) is 14.0. The third-order valence-electron chi connectivity index (χ3n) is 3.32. The predicted molar refractivity (Wildman–Crippen MR) is 68.4 cm³/mol. The summed E-state index contributed by atoms with van der Waals surface area (Å²) in [5.41, 5.74) is 0. The van der Waals surface area contributed by atoms with Crippen LogP contribution < -0.4 is 5.32 Å². The zero-order chi connectivity index (χ0) is 11.9. The minimum atomic E-state index is -2.77. The van der Waals surface area contributed by atoms with Gasteiger partial charge in [-0.25, -0.2) is 8.42 Å². The molecular weight excluding hydrogens is 222 g/mol. The molecule has 0 bridgehead atoms. The third-order valence-corrected chi connectivity index (χ3v) is 4.35. The Morgan fingerprint density at radius 2 is 1.81 bits per heavy atom. The molecule has 0 atom stereocenters. The molecular formula is C12H25NO2S. The van der Waals surface area contributed by atoms with Crippen LogP contribution in [0.25, 0.3) is 0 Å². The quantitative estimate of drug-likeness (QED) is 0.700. The fraction of sp³-hybridized carbons (Fsp3) is 1.00. The Hall–Kier alpha value is -0.0900. The van der Waals surface area contributed by atoms with Crippen molar-refractivity contribution in [1.29, 1.82) is 0 Å². The summed E-state index contributed by atoms with van der Waals surface area (Å²) < 4.78 is 21.8. The van der Waals surface area contributed by atoms with E-state index in [0.717, 1.165) is 25.4 Å². The Morgan fingerprint density at radius 3 is 2.44 bits per heavy atom. The van der Waals surface area contributed by atoms with Crippen LogP contribution in [-0.2, 0) is 9.84 Å². The molecule has 0 aromatic rings. The highest BCUT2D eigenvalue weighted by molar-refractivity contribution is 7.90. The van der Waals surface area contributed by atoms with E-state index < -0.39 is 9.84 Å². The van der Waals surface area contributed by atoms with Gasteiger partial charge in [0.25, 0.3) is 0 Å². The van der Waals surface area contributed by atoms with Crippen LogP contribution in [0.5, 0.6) is 0 Å². The Bertz CT molecular complexity index is 269. The van der Waals surface area contributed by atoms with Gasteiger partial charge in [-0.2, -0.15) is 0 Å². The first-order chi connectivity index (χ1) is 7.58. The molecule has 0 saturated heterocycles. The van der Waals surface area contributed by atoms with Gasteiger partial charge in [0, 0.05) is 6.26 Å². The van der Waals surface area contributed by atoms with Gasteiger partial charge in [-0.05, 0) is 31.8 Å². The molecule has 0 aromatic heterocycles. The molecule has 1 aliphatic carbocycles. The van der Waals surface area contributed by atoms with Gasteiger partial charge in [-0.15, -0.1) is 0 Å². The average molecular weight is 247 g/mol. The summed E-state index contributed by atoms with van der Waals surface area (Å²) in [6, 6.07) is 0. The summed E-state index contributed by atoms with van der Waals surface area (Å²) in [6.45, 7) is 1.88. The van der Waals surface area contributed by atoms with Gasteiger partial charge in [0.15, 0.2) is 0 Å². The summed E-state index contributed by atoms with van der Waals surface area (Å²) in [5, 5.41) is 3.34. The summed E-state index contributed by atoms with van der Waals surface area (Å²) in [6.07, 6.45) is 10.3. The van der Waals surface area contributed by atoms with Crippen molar-refractivity contribution >= 4 is 9.84 Å². The van der Waals surface area contributed by atoms with Crippen LogP contribution in [0, 0.1) is 5.92 Å². The maximum Gasteiger partial charge on any atom is 0.147 e. The smallest absolute Gasteiger partial charge is 0.147 e. The van der Waals surface area contributed by atoms with Crippen molar-refractivity contribution in [3.63, 3.8) is 0 Å². The van der Waals surface area contributed by atoms with Crippen LogP contribution >= 0.6 is 0 Å². The molecule has 4 heteroatoms. The highest BCUT2D eigenvalue weighted by Gasteiger charge is 2.12. The lowest BCUT2D eigenvalue weighted by Crippen LogP contribution is -2.22. The summed E-state index contributed by atoms with van der Waals surface area (Å²) in [7, 11) is -2.77. The summed E-state index contributed by atoms with van der Waals surface area (Å²) in [4.78, 5) is 0. The largest absolute Gasteiger partial charge is 0.317 e.